The molecule has 191 valence electrons. The van der Waals surface area contributed by atoms with Crippen LogP contribution >= 0.6 is 22.7 Å². The van der Waals surface area contributed by atoms with E-state index in [-0.39, 0.29) is 17.9 Å². The van der Waals surface area contributed by atoms with E-state index in [0.29, 0.717) is 35.7 Å². The smallest absolute Gasteiger partial charge is 0.333 e. The summed E-state index contributed by atoms with van der Waals surface area (Å²) in [4.78, 5) is 24.7. The zero-order chi connectivity index (χ0) is 25.4. The quantitative estimate of drug-likeness (QED) is 0.246. The second-order valence-corrected chi connectivity index (χ2v) is 12.3. The molecule has 1 aliphatic heterocycles. The fourth-order valence-corrected chi connectivity index (χ4v) is 6.97. The van der Waals surface area contributed by atoms with E-state index in [2.05, 4.69) is 26.7 Å². The Kier molecular flexibility index (Phi) is 7.23. The van der Waals surface area contributed by atoms with Gasteiger partial charge < -0.3 is 15.2 Å². The number of carbonyl (C=O) groups is 1. The lowest BCUT2D eigenvalue weighted by Gasteiger charge is -2.23. The van der Waals surface area contributed by atoms with Crippen molar-refractivity contribution in [1.82, 2.24) is 14.7 Å². The number of aryl methyl sites for hydroxylation is 1. The SMILES string of the molecule is Cc1sc(C(=O)c2cncnc2N[C@H]2C[C@H](O)[C@@H]([CH]NS(=O)(=O)O)C2)cc1[C@@H]1OCCc2sccc21. The first-order valence-corrected chi connectivity index (χ1v) is 14.5. The highest BCUT2D eigenvalue weighted by atomic mass is 32.2. The van der Waals surface area contributed by atoms with Gasteiger partial charge in [-0.15, -0.1) is 22.7 Å². The largest absolute Gasteiger partial charge is 0.393 e. The Morgan fingerprint density at radius 3 is 2.94 bits per heavy atom. The number of thiophene rings is 2. The normalized spacial score (nSPS) is 24.0. The Labute approximate surface area is 216 Å². The first kappa shape index (κ1) is 25.4. The molecule has 10 nitrogen and oxygen atoms in total. The highest BCUT2D eigenvalue weighted by Gasteiger charge is 2.35. The number of fused-ring (bicyclic) bond motifs is 1. The monoisotopic (exact) mass is 549 g/mol. The van der Waals surface area contributed by atoms with Gasteiger partial charge in [-0.2, -0.15) is 13.1 Å². The molecule has 4 heterocycles. The first-order valence-electron chi connectivity index (χ1n) is 11.3. The lowest BCUT2D eigenvalue weighted by molar-refractivity contribution is 0.0711. The number of rotatable bonds is 8. The van der Waals surface area contributed by atoms with E-state index in [4.69, 9.17) is 9.29 Å². The van der Waals surface area contributed by atoms with Crippen molar-refractivity contribution < 1.29 is 27.6 Å². The van der Waals surface area contributed by atoms with Gasteiger partial charge in [0.15, 0.2) is 0 Å². The van der Waals surface area contributed by atoms with E-state index in [9.17, 15) is 18.3 Å². The molecule has 3 aromatic heterocycles. The fourth-order valence-electron chi connectivity index (χ4n) is 4.73. The van der Waals surface area contributed by atoms with E-state index in [1.165, 1.54) is 28.7 Å². The van der Waals surface area contributed by atoms with Crippen molar-refractivity contribution in [3.63, 3.8) is 0 Å². The third-order valence-electron chi connectivity index (χ3n) is 6.44. The lowest BCUT2D eigenvalue weighted by Crippen LogP contribution is -2.27. The fraction of sp³-hybridized carbons (Fsp3) is 0.391. The van der Waals surface area contributed by atoms with Crippen molar-refractivity contribution in [2.45, 2.75) is 44.4 Å². The van der Waals surface area contributed by atoms with Crippen LogP contribution in [0.15, 0.2) is 30.0 Å². The number of aliphatic hydroxyl groups excluding tert-OH is 1. The Bertz CT molecular complexity index is 1370. The summed E-state index contributed by atoms with van der Waals surface area (Å²) < 4.78 is 38.8. The van der Waals surface area contributed by atoms with E-state index < -0.39 is 22.3 Å². The summed E-state index contributed by atoms with van der Waals surface area (Å²) in [5.41, 5.74) is 2.45. The maximum Gasteiger partial charge on any atom is 0.333 e. The molecule has 3 aromatic rings. The number of nitrogens with zero attached hydrogens (tertiary/aromatic N) is 2. The molecule has 1 radical (unpaired) electrons. The molecule has 0 saturated heterocycles. The van der Waals surface area contributed by atoms with Gasteiger partial charge in [0.05, 0.1) is 23.2 Å². The summed E-state index contributed by atoms with van der Waals surface area (Å²) in [5.74, 6) is -0.379. The number of hydrogen-bond donors (Lipinski definition) is 4. The maximum atomic E-state index is 13.5. The van der Waals surface area contributed by atoms with E-state index >= 15 is 0 Å². The van der Waals surface area contributed by atoms with Gasteiger partial charge in [-0.1, -0.05) is 0 Å². The van der Waals surface area contributed by atoms with Crippen LogP contribution in [0, 0.1) is 19.4 Å². The Hall–Kier alpha value is -2.26. The molecule has 4 N–H and O–H groups in total. The minimum atomic E-state index is -4.39. The average molecular weight is 550 g/mol. The second kappa shape index (κ2) is 10.2. The molecular weight excluding hydrogens is 524 g/mol. The minimum absolute atomic E-state index is 0.188. The number of hydrogen-bond acceptors (Lipinski definition) is 10. The summed E-state index contributed by atoms with van der Waals surface area (Å²) in [7, 11) is -4.39. The van der Waals surface area contributed by atoms with Crippen molar-refractivity contribution in [3.8, 4) is 0 Å². The van der Waals surface area contributed by atoms with E-state index in [0.717, 1.165) is 29.0 Å². The number of aromatic nitrogens is 2. The molecule has 36 heavy (non-hydrogen) atoms. The predicted molar refractivity (Wildman–Crippen MR) is 135 cm³/mol. The minimum Gasteiger partial charge on any atom is -0.393 e. The van der Waals surface area contributed by atoms with Gasteiger partial charge in [0.2, 0.25) is 5.78 Å². The Balaban J connectivity index is 1.33. The molecule has 2 aliphatic rings. The Morgan fingerprint density at radius 2 is 2.14 bits per heavy atom. The third kappa shape index (κ3) is 5.37. The van der Waals surface area contributed by atoms with Crippen molar-refractivity contribution >= 4 is 44.6 Å². The van der Waals surface area contributed by atoms with Crippen LogP contribution in [-0.2, 0) is 21.5 Å². The van der Waals surface area contributed by atoms with Crippen LogP contribution < -0.4 is 10.0 Å². The molecule has 1 fully saturated rings. The van der Waals surface area contributed by atoms with Crippen LogP contribution in [0.3, 0.4) is 0 Å². The summed E-state index contributed by atoms with van der Waals surface area (Å²) in [5, 5.41) is 15.6. The van der Waals surface area contributed by atoms with Crippen molar-refractivity contribution in [2.24, 2.45) is 5.92 Å². The van der Waals surface area contributed by atoms with Gasteiger partial charge in [-0.3, -0.25) is 9.35 Å². The number of anilines is 1. The van der Waals surface area contributed by atoms with Crippen LogP contribution in [0.4, 0.5) is 5.82 Å². The van der Waals surface area contributed by atoms with E-state index in [1.807, 2.05) is 17.7 Å². The second-order valence-electron chi connectivity index (χ2n) is 8.84. The molecule has 0 unspecified atom stereocenters. The van der Waals surface area contributed by atoms with Crippen molar-refractivity contribution in [2.75, 3.05) is 11.9 Å². The number of ketones is 1. The number of ether oxygens (including phenoxy) is 1. The van der Waals surface area contributed by atoms with Gasteiger partial charge >= 0.3 is 10.3 Å². The molecular formula is C23H25N4O6S3. The van der Waals surface area contributed by atoms with Gasteiger partial charge in [0, 0.05) is 40.9 Å². The molecule has 0 amide bonds. The molecule has 4 atom stereocenters. The number of nitrogens with one attached hydrogen (secondary N) is 2. The van der Waals surface area contributed by atoms with Crippen LogP contribution in [0.1, 0.15) is 55.1 Å². The van der Waals surface area contributed by atoms with Crippen molar-refractivity contribution in [1.29, 1.82) is 0 Å². The molecule has 0 bridgehead atoms. The van der Waals surface area contributed by atoms with Crippen LogP contribution in [0.5, 0.6) is 0 Å². The molecule has 5 rings (SSSR count). The lowest BCUT2D eigenvalue weighted by atomic mass is 9.99. The highest BCUT2D eigenvalue weighted by Crippen LogP contribution is 2.40. The summed E-state index contributed by atoms with van der Waals surface area (Å²) in [6, 6.07) is 3.71. The molecule has 1 saturated carbocycles. The van der Waals surface area contributed by atoms with Gasteiger partial charge in [-0.25, -0.2) is 9.97 Å². The number of carbonyl (C=O) groups excluding carboxylic acids is 1. The Morgan fingerprint density at radius 1 is 1.31 bits per heavy atom. The van der Waals surface area contributed by atoms with Crippen LogP contribution in [-0.4, -0.2) is 52.6 Å². The van der Waals surface area contributed by atoms with Gasteiger partial charge in [-0.05, 0) is 48.4 Å². The zero-order valence-electron chi connectivity index (χ0n) is 19.2. The zero-order valence-corrected chi connectivity index (χ0v) is 21.7. The van der Waals surface area contributed by atoms with Gasteiger partial charge in [0.25, 0.3) is 0 Å². The average Bonchev–Trinajstić information content (AvgIpc) is 3.55. The van der Waals surface area contributed by atoms with Crippen molar-refractivity contribution in [3.05, 3.63) is 67.9 Å². The summed E-state index contributed by atoms with van der Waals surface area (Å²) >= 11 is 3.13. The third-order valence-corrected chi connectivity index (χ3v) is 8.94. The first-order chi connectivity index (χ1) is 17.2. The predicted octanol–water partition coefficient (Wildman–Crippen LogP) is 2.91. The standard InChI is InChI=1S/C23H25N4O6S3/c1-12-16(22-15-3-5-34-19(15)2-4-33-22)8-20(35-12)21(29)17-10-24-11-25-23(17)27-14-6-13(18(28)7-14)9-26-36(30,31)32/h3,5,8-11,13-14,18,22,26,28H,2,4,6-7H2,1H3,(H,24,25,27)(H,30,31,32)/t13-,14-,18+,22-/m1/s1. The van der Waals surface area contributed by atoms with E-state index in [1.54, 1.807) is 11.3 Å². The molecule has 0 aromatic carbocycles. The topological polar surface area (TPSA) is 151 Å². The summed E-state index contributed by atoms with van der Waals surface area (Å²) in [6.07, 6.45) is 3.39. The van der Waals surface area contributed by atoms with Crippen LogP contribution in [0.25, 0.3) is 0 Å². The number of aliphatic hydroxyl groups is 1. The highest BCUT2D eigenvalue weighted by molar-refractivity contribution is 7.83. The molecule has 1 aliphatic carbocycles. The molecule has 0 spiro atoms. The van der Waals surface area contributed by atoms with Gasteiger partial charge in [0.1, 0.15) is 18.2 Å². The summed E-state index contributed by atoms with van der Waals surface area (Å²) in [6.45, 7) is 3.79. The van der Waals surface area contributed by atoms with Crippen LogP contribution in [0.2, 0.25) is 0 Å². The molecule has 13 heteroatoms. The maximum absolute atomic E-state index is 13.5.